The van der Waals surface area contributed by atoms with E-state index in [1.807, 2.05) is 13.0 Å². The lowest BCUT2D eigenvalue weighted by Gasteiger charge is -2.03. The van der Waals surface area contributed by atoms with Crippen LogP contribution < -0.4 is 11.1 Å². The Hall–Kier alpha value is -2.79. The molecular weight excluding hydrogens is 290 g/mol. The molecule has 0 spiro atoms. The molecule has 0 aromatic carbocycles. The number of thiazole rings is 1. The molecule has 0 unspecified atom stereocenters. The van der Waals surface area contributed by atoms with E-state index in [-0.39, 0.29) is 23.4 Å². The van der Waals surface area contributed by atoms with Gasteiger partial charge in [0.1, 0.15) is 6.07 Å². The first-order chi connectivity index (χ1) is 10.1. The van der Waals surface area contributed by atoms with Gasteiger partial charge in [0.2, 0.25) is 0 Å². The van der Waals surface area contributed by atoms with E-state index in [2.05, 4.69) is 10.1 Å². The summed E-state index contributed by atoms with van der Waals surface area (Å²) in [6.45, 7) is 1.94. The van der Waals surface area contributed by atoms with Crippen LogP contribution in [0.25, 0.3) is 4.96 Å². The molecule has 7 nitrogen and oxygen atoms in total. The Morgan fingerprint density at radius 2 is 2.14 bits per heavy atom. The molecule has 0 N–H and O–H groups in total. The predicted octanol–water partition coefficient (Wildman–Crippen LogP) is 0.541. The van der Waals surface area contributed by atoms with E-state index >= 15 is 0 Å². The summed E-state index contributed by atoms with van der Waals surface area (Å²) in [4.78, 5) is 29.6. The Morgan fingerprint density at radius 3 is 2.90 bits per heavy atom. The minimum Gasteiger partial charge on any atom is -0.269 e. The van der Waals surface area contributed by atoms with Crippen LogP contribution in [0.15, 0.2) is 34.0 Å². The zero-order valence-corrected chi connectivity index (χ0v) is 11.8. The first kappa shape index (κ1) is 13.2. The summed E-state index contributed by atoms with van der Waals surface area (Å²) >= 11 is 1.39. The van der Waals surface area contributed by atoms with E-state index in [4.69, 9.17) is 5.26 Å². The molecule has 0 aliphatic carbocycles. The largest absolute Gasteiger partial charge is 0.269 e. The molecule has 8 heteroatoms. The number of nitrogens with zero attached hydrogens (tertiary/aromatic N) is 5. The van der Waals surface area contributed by atoms with Crippen LogP contribution in [0.2, 0.25) is 0 Å². The lowest BCUT2D eigenvalue weighted by atomic mass is 10.4. The third-order valence-electron chi connectivity index (χ3n) is 2.83. The standard InChI is InChI=1S/C13H9N5O2S/c1-8-6-17-12(20)4-10(15-13(17)21-8)7-18-11(19)3-2-9(5-14)16-18/h2-4,6H,7H2,1H3. The van der Waals surface area contributed by atoms with Crippen molar-refractivity contribution in [2.24, 2.45) is 0 Å². The Labute approximate surface area is 122 Å². The number of rotatable bonds is 2. The Bertz CT molecular complexity index is 992. The lowest BCUT2D eigenvalue weighted by Crippen LogP contribution is -2.25. The second kappa shape index (κ2) is 4.96. The maximum Gasteiger partial charge on any atom is 0.267 e. The van der Waals surface area contributed by atoms with Gasteiger partial charge in [-0.3, -0.25) is 14.0 Å². The maximum absolute atomic E-state index is 12.0. The van der Waals surface area contributed by atoms with Crippen LogP contribution in [0.3, 0.4) is 0 Å². The Kier molecular flexibility index (Phi) is 3.12. The zero-order chi connectivity index (χ0) is 15.0. The van der Waals surface area contributed by atoms with Crippen molar-refractivity contribution in [1.82, 2.24) is 19.2 Å². The molecule has 0 fully saturated rings. The minimum absolute atomic E-state index is 0.0526. The molecule has 0 aliphatic rings. The molecule has 0 amide bonds. The van der Waals surface area contributed by atoms with Crippen molar-refractivity contribution < 1.29 is 0 Å². The Balaban J connectivity index is 2.08. The van der Waals surface area contributed by atoms with Crippen molar-refractivity contribution in [3.05, 3.63) is 61.4 Å². The molecule has 0 atom stereocenters. The summed E-state index contributed by atoms with van der Waals surface area (Å²) in [5.41, 5.74) is 0.0214. The second-order valence-corrected chi connectivity index (χ2v) is 5.62. The number of aryl methyl sites for hydroxylation is 1. The summed E-state index contributed by atoms with van der Waals surface area (Å²) in [6, 6.07) is 5.86. The van der Waals surface area contributed by atoms with Gasteiger partial charge in [0.15, 0.2) is 10.7 Å². The van der Waals surface area contributed by atoms with Crippen molar-refractivity contribution in [2.45, 2.75) is 13.5 Å². The summed E-state index contributed by atoms with van der Waals surface area (Å²) < 4.78 is 2.59. The number of hydrogen-bond donors (Lipinski definition) is 0. The topological polar surface area (TPSA) is 93.0 Å². The third-order valence-corrected chi connectivity index (χ3v) is 3.73. The van der Waals surface area contributed by atoms with Crippen LogP contribution in [0.5, 0.6) is 0 Å². The van der Waals surface area contributed by atoms with Crippen molar-refractivity contribution >= 4 is 16.3 Å². The highest BCUT2D eigenvalue weighted by molar-refractivity contribution is 7.16. The van der Waals surface area contributed by atoms with Gasteiger partial charge in [-0.15, -0.1) is 11.3 Å². The van der Waals surface area contributed by atoms with Crippen molar-refractivity contribution in [2.75, 3.05) is 0 Å². The average molecular weight is 299 g/mol. The van der Waals surface area contributed by atoms with Crippen LogP contribution >= 0.6 is 11.3 Å². The number of fused-ring (bicyclic) bond motifs is 1. The number of nitriles is 1. The van der Waals surface area contributed by atoms with Gasteiger partial charge in [0.25, 0.3) is 11.1 Å². The average Bonchev–Trinajstić information content (AvgIpc) is 2.82. The van der Waals surface area contributed by atoms with Crippen molar-refractivity contribution in [1.29, 1.82) is 5.26 Å². The first-order valence-electron chi connectivity index (χ1n) is 6.04. The van der Waals surface area contributed by atoms with Gasteiger partial charge < -0.3 is 0 Å². The zero-order valence-electron chi connectivity index (χ0n) is 11.0. The molecule has 21 heavy (non-hydrogen) atoms. The molecule has 104 valence electrons. The van der Waals surface area contributed by atoms with Crippen LogP contribution in [-0.2, 0) is 6.54 Å². The fourth-order valence-corrected chi connectivity index (χ4v) is 2.76. The van der Waals surface area contributed by atoms with E-state index in [9.17, 15) is 9.59 Å². The van der Waals surface area contributed by atoms with Gasteiger partial charge in [0, 0.05) is 23.2 Å². The number of hydrogen-bond acceptors (Lipinski definition) is 6. The van der Waals surface area contributed by atoms with E-state index in [0.717, 1.165) is 9.56 Å². The van der Waals surface area contributed by atoms with Gasteiger partial charge in [0.05, 0.1) is 12.2 Å². The maximum atomic E-state index is 12.0. The van der Waals surface area contributed by atoms with Gasteiger partial charge >= 0.3 is 0 Å². The molecule has 3 rings (SSSR count). The van der Waals surface area contributed by atoms with Gasteiger partial charge in [-0.1, -0.05) is 0 Å². The quantitative estimate of drug-likeness (QED) is 0.688. The van der Waals surface area contributed by atoms with Gasteiger partial charge in [-0.05, 0) is 13.0 Å². The molecule has 0 bridgehead atoms. The van der Waals surface area contributed by atoms with Gasteiger partial charge in [-0.2, -0.15) is 10.4 Å². The van der Waals surface area contributed by atoms with Crippen molar-refractivity contribution in [3.63, 3.8) is 0 Å². The van der Waals surface area contributed by atoms with E-state index < -0.39 is 0 Å². The predicted molar refractivity (Wildman–Crippen MR) is 76.4 cm³/mol. The summed E-state index contributed by atoms with van der Waals surface area (Å²) in [5, 5.41) is 12.7. The third kappa shape index (κ3) is 2.46. The monoisotopic (exact) mass is 299 g/mol. The van der Waals surface area contributed by atoms with Gasteiger partial charge in [-0.25, -0.2) is 9.67 Å². The first-order valence-corrected chi connectivity index (χ1v) is 6.85. The molecule has 0 saturated carbocycles. The second-order valence-electron chi connectivity index (χ2n) is 4.41. The molecule has 0 aliphatic heterocycles. The highest BCUT2D eigenvalue weighted by Gasteiger charge is 2.08. The summed E-state index contributed by atoms with van der Waals surface area (Å²) in [6.07, 6.45) is 1.72. The van der Waals surface area contributed by atoms with Crippen LogP contribution in [0.1, 0.15) is 16.3 Å². The lowest BCUT2D eigenvalue weighted by molar-refractivity contribution is 0.623. The summed E-state index contributed by atoms with van der Waals surface area (Å²) in [5.74, 6) is 0. The van der Waals surface area contributed by atoms with Crippen molar-refractivity contribution in [3.8, 4) is 6.07 Å². The highest BCUT2D eigenvalue weighted by Crippen LogP contribution is 2.13. The van der Waals surface area contributed by atoms with E-state index in [0.29, 0.717) is 10.7 Å². The fourth-order valence-electron chi connectivity index (χ4n) is 1.91. The number of aromatic nitrogens is 4. The van der Waals surface area contributed by atoms with Crippen LogP contribution in [-0.4, -0.2) is 19.2 Å². The highest BCUT2D eigenvalue weighted by atomic mass is 32.1. The normalized spacial score (nSPS) is 10.7. The molecule has 0 radical (unpaired) electrons. The molecule has 3 aromatic heterocycles. The smallest absolute Gasteiger partial charge is 0.267 e. The SMILES string of the molecule is Cc1cn2c(=O)cc(Cn3nc(C#N)ccc3=O)nc2s1. The molecule has 3 aromatic rings. The fraction of sp³-hybridized carbons (Fsp3) is 0.154. The molecule has 0 saturated heterocycles. The molecule has 3 heterocycles. The van der Waals surface area contributed by atoms with E-state index in [1.165, 1.54) is 33.9 Å². The van der Waals surface area contributed by atoms with Crippen LogP contribution in [0.4, 0.5) is 0 Å². The minimum atomic E-state index is -0.349. The van der Waals surface area contributed by atoms with E-state index in [1.54, 1.807) is 6.20 Å². The summed E-state index contributed by atoms with van der Waals surface area (Å²) in [7, 11) is 0. The molecular formula is C13H9N5O2S. The Morgan fingerprint density at radius 1 is 1.33 bits per heavy atom. The van der Waals surface area contributed by atoms with Crippen LogP contribution in [0, 0.1) is 18.3 Å².